The van der Waals surface area contributed by atoms with Crippen molar-refractivity contribution in [3.05, 3.63) is 18.6 Å². The molecule has 0 aliphatic carbocycles. The van der Waals surface area contributed by atoms with Crippen molar-refractivity contribution >= 4 is 11.9 Å². The number of aromatic nitrogens is 2. The third kappa shape index (κ3) is 6.03. The molecule has 0 radical (unpaired) electrons. The van der Waals surface area contributed by atoms with Gasteiger partial charge in [-0.25, -0.2) is 9.78 Å². The van der Waals surface area contributed by atoms with E-state index in [0.29, 0.717) is 12.4 Å². The molecule has 6 heteroatoms. The Bertz CT molecular complexity index is 375. The summed E-state index contributed by atoms with van der Waals surface area (Å²) in [6, 6.07) is 0.0363. The number of carbonyl (C=O) groups excluding carboxylic acids is 1. The van der Waals surface area contributed by atoms with Gasteiger partial charge in [0.15, 0.2) is 0 Å². The zero-order chi connectivity index (χ0) is 13.6. The highest BCUT2D eigenvalue weighted by atomic mass is 16.6. The topological polar surface area (TPSA) is 76.1 Å². The van der Waals surface area contributed by atoms with Gasteiger partial charge in [0.2, 0.25) is 0 Å². The number of carbonyl (C=O) groups is 1. The van der Waals surface area contributed by atoms with Crippen LogP contribution in [0.5, 0.6) is 0 Å². The summed E-state index contributed by atoms with van der Waals surface area (Å²) in [4.78, 5) is 19.5. The molecule has 0 unspecified atom stereocenters. The first-order valence-electron chi connectivity index (χ1n) is 5.86. The molecule has 1 aromatic heterocycles. The molecule has 0 fully saturated rings. The van der Waals surface area contributed by atoms with Gasteiger partial charge in [0.1, 0.15) is 11.4 Å². The minimum Gasteiger partial charge on any atom is -0.444 e. The second-order valence-electron chi connectivity index (χ2n) is 5.02. The first-order chi connectivity index (χ1) is 8.37. The van der Waals surface area contributed by atoms with E-state index in [0.717, 1.165) is 0 Å². The zero-order valence-electron chi connectivity index (χ0n) is 11.2. The minimum absolute atomic E-state index is 0.0363. The van der Waals surface area contributed by atoms with Gasteiger partial charge in [0, 0.05) is 25.0 Å². The van der Waals surface area contributed by atoms with Crippen molar-refractivity contribution in [2.24, 2.45) is 0 Å². The maximum Gasteiger partial charge on any atom is 0.407 e. The molecule has 1 amide bonds. The Morgan fingerprint density at radius 2 is 2.17 bits per heavy atom. The van der Waals surface area contributed by atoms with Gasteiger partial charge >= 0.3 is 6.09 Å². The second-order valence-corrected chi connectivity index (χ2v) is 5.02. The minimum atomic E-state index is -0.481. The number of alkyl carbamates (subject to hydrolysis) is 1. The van der Waals surface area contributed by atoms with E-state index < -0.39 is 11.7 Å². The van der Waals surface area contributed by atoms with Crippen LogP contribution < -0.4 is 10.6 Å². The summed E-state index contributed by atoms with van der Waals surface area (Å²) in [6.07, 6.45) is 4.42. The van der Waals surface area contributed by atoms with Gasteiger partial charge in [-0.1, -0.05) is 0 Å². The van der Waals surface area contributed by atoms with Crippen molar-refractivity contribution in [1.29, 1.82) is 0 Å². The Morgan fingerprint density at radius 3 is 2.72 bits per heavy atom. The maximum atomic E-state index is 11.4. The van der Waals surface area contributed by atoms with Crippen LogP contribution in [0, 0.1) is 0 Å². The fraction of sp³-hybridized carbons (Fsp3) is 0.583. The van der Waals surface area contributed by atoms with Gasteiger partial charge in [0.25, 0.3) is 0 Å². The molecule has 2 N–H and O–H groups in total. The molecular formula is C12H20N4O2. The van der Waals surface area contributed by atoms with E-state index in [9.17, 15) is 4.79 Å². The van der Waals surface area contributed by atoms with Crippen LogP contribution in [0.2, 0.25) is 0 Å². The van der Waals surface area contributed by atoms with Crippen molar-refractivity contribution < 1.29 is 9.53 Å². The number of hydrogen-bond acceptors (Lipinski definition) is 5. The molecule has 0 aliphatic rings. The third-order valence-corrected chi connectivity index (χ3v) is 1.91. The molecule has 0 spiro atoms. The van der Waals surface area contributed by atoms with Crippen molar-refractivity contribution in [2.45, 2.75) is 39.3 Å². The normalized spacial score (nSPS) is 12.7. The standard InChI is InChI=1S/C12H20N4O2/c1-9(16-10-8-13-5-6-14-10)7-15-11(17)18-12(2,3)4/h5-6,8-9H,7H2,1-4H3,(H,14,16)(H,15,17)/t9-/m1/s1. The molecule has 0 saturated carbocycles. The van der Waals surface area contributed by atoms with Crippen LogP contribution in [0.4, 0.5) is 10.6 Å². The fourth-order valence-electron chi connectivity index (χ4n) is 1.23. The van der Waals surface area contributed by atoms with Crippen LogP contribution in [0.25, 0.3) is 0 Å². The highest BCUT2D eigenvalue weighted by molar-refractivity contribution is 5.67. The first-order valence-corrected chi connectivity index (χ1v) is 5.86. The first kappa shape index (κ1) is 14.2. The van der Waals surface area contributed by atoms with Crippen LogP contribution >= 0.6 is 0 Å². The molecule has 1 heterocycles. The van der Waals surface area contributed by atoms with Gasteiger partial charge < -0.3 is 15.4 Å². The van der Waals surface area contributed by atoms with Gasteiger partial charge in [-0.15, -0.1) is 0 Å². The quantitative estimate of drug-likeness (QED) is 0.854. The molecule has 1 atom stereocenters. The molecule has 18 heavy (non-hydrogen) atoms. The average molecular weight is 252 g/mol. The zero-order valence-corrected chi connectivity index (χ0v) is 11.2. The Morgan fingerprint density at radius 1 is 1.44 bits per heavy atom. The number of amides is 1. The van der Waals surface area contributed by atoms with Crippen molar-refractivity contribution in [3.8, 4) is 0 Å². The smallest absolute Gasteiger partial charge is 0.407 e. The molecule has 0 aromatic carbocycles. The van der Waals surface area contributed by atoms with E-state index in [-0.39, 0.29) is 6.04 Å². The molecule has 0 saturated heterocycles. The predicted molar refractivity (Wildman–Crippen MR) is 69.4 cm³/mol. The number of anilines is 1. The Hall–Kier alpha value is -1.85. The van der Waals surface area contributed by atoms with E-state index in [1.807, 2.05) is 27.7 Å². The number of nitrogens with one attached hydrogen (secondary N) is 2. The lowest BCUT2D eigenvalue weighted by molar-refractivity contribution is 0.0526. The van der Waals surface area contributed by atoms with Crippen LogP contribution in [0.1, 0.15) is 27.7 Å². The molecule has 100 valence electrons. The average Bonchev–Trinajstić information content (AvgIpc) is 2.25. The molecule has 1 rings (SSSR count). The van der Waals surface area contributed by atoms with Crippen LogP contribution in [0.15, 0.2) is 18.6 Å². The Kier molecular flexibility index (Phi) is 4.88. The largest absolute Gasteiger partial charge is 0.444 e. The van der Waals surface area contributed by atoms with Crippen LogP contribution in [0.3, 0.4) is 0 Å². The maximum absolute atomic E-state index is 11.4. The van der Waals surface area contributed by atoms with Gasteiger partial charge in [-0.3, -0.25) is 4.98 Å². The molecule has 0 bridgehead atoms. The summed E-state index contributed by atoms with van der Waals surface area (Å²) in [6.45, 7) is 7.87. The summed E-state index contributed by atoms with van der Waals surface area (Å²) in [7, 11) is 0. The van der Waals surface area contributed by atoms with E-state index in [1.54, 1.807) is 18.6 Å². The lowest BCUT2D eigenvalue weighted by Gasteiger charge is -2.21. The Balaban J connectivity index is 2.29. The van der Waals surface area contributed by atoms with E-state index >= 15 is 0 Å². The lowest BCUT2D eigenvalue weighted by atomic mass is 10.2. The molecular weight excluding hydrogens is 232 g/mol. The lowest BCUT2D eigenvalue weighted by Crippen LogP contribution is -2.38. The van der Waals surface area contributed by atoms with Crippen molar-refractivity contribution in [3.63, 3.8) is 0 Å². The highest BCUT2D eigenvalue weighted by Gasteiger charge is 2.16. The summed E-state index contributed by atoms with van der Waals surface area (Å²) in [5.74, 6) is 0.677. The molecule has 0 aliphatic heterocycles. The van der Waals surface area contributed by atoms with Gasteiger partial charge in [-0.2, -0.15) is 0 Å². The Labute approximate surface area is 107 Å². The molecule has 6 nitrogen and oxygen atoms in total. The van der Waals surface area contributed by atoms with Gasteiger partial charge in [0.05, 0.1) is 6.20 Å². The van der Waals surface area contributed by atoms with E-state index in [1.165, 1.54) is 0 Å². The number of rotatable bonds is 4. The fourth-order valence-corrected chi connectivity index (χ4v) is 1.23. The summed E-state index contributed by atoms with van der Waals surface area (Å²) in [5, 5.41) is 5.80. The van der Waals surface area contributed by atoms with E-state index in [4.69, 9.17) is 4.74 Å². The van der Waals surface area contributed by atoms with Crippen LogP contribution in [-0.2, 0) is 4.74 Å². The monoisotopic (exact) mass is 252 g/mol. The van der Waals surface area contributed by atoms with Crippen molar-refractivity contribution in [2.75, 3.05) is 11.9 Å². The van der Waals surface area contributed by atoms with Gasteiger partial charge in [-0.05, 0) is 27.7 Å². The predicted octanol–water partition coefficient (Wildman–Crippen LogP) is 1.80. The summed E-state index contributed by atoms with van der Waals surface area (Å²) < 4.78 is 5.13. The molecule has 1 aromatic rings. The number of hydrogen-bond donors (Lipinski definition) is 2. The number of nitrogens with zero attached hydrogens (tertiary/aromatic N) is 2. The summed E-state index contributed by atoms with van der Waals surface area (Å²) in [5.41, 5.74) is -0.481. The summed E-state index contributed by atoms with van der Waals surface area (Å²) >= 11 is 0. The van der Waals surface area contributed by atoms with E-state index in [2.05, 4.69) is 20.6 Å². The SMILES string of the molecule is C[C@H](CNC(=O)OC(C)(C)C)Nc1cnccn1. The second kappa shape index (κ2) is 6.18. The van der Waals surface area contributed by atoms with Crippen molar-refractivity contribution in [1.82, 2.24) is 15.3 Å². The van der Waals surface area contributed by atoms with Crippen LogP contribution in [-0.4, -0.2) is 34.2 Å². The highest BCUT2D eigenvalue weighted by Crippen LogP contribution is 2.06. The number of ether oxygens (including phenoxy) is 1. The third-order valence-electron chi connectivity index (χ3n) is 1.91.